The minimum absolute atomic E-state index is 0.0617. The molecule has 1 unspecified atom stereocenters. The Morgan fingerprint density at radius 2 is 2.31 bits per heavy atom. The van der Waals surface area contributed by atoms with Crippen molar-refractivity contribution in [3.63, 3.8) is 0 Å². The summed E-state index contributed by atoms with van der Waals surface area (Å²) in [6.07, 6.45) is 1.04. The largest absolute Gasteiger partial charge is 0.397 e. The molecule has 2 rings (SSSR count). The minimum Gasteiger partial charge on any atom is -0.397 e. The summed E-state index contributed by atoms with van der Waals surface area (Å²) in [5, 5.41) is 3.30. The molecule has 88 valence electrons. The number of halogens is 2. The summed E-state index contributed by atoms with van der Waals surface area (Å²) in [4.78, 5) is 2.22. The van der Waals surface area contributed by atoms with Crippen LogP contribution in [-0.2, 0) is 0 Å². The quantitative estimate of drug-likeness (QED) is 0.783. The SMILES string of the molecule is CN1CCC(Nc2cc(F)c(Cl)cc2N)C1. The zero-order valence-corrected chi connectivity index (χ0v) is 9.89. The number of hydrogen-bond acceptors (Lipinski definition) is 3. The van der Waals surface area contributed by atoms with Crippen molar-refractivity contribution in [2.45, 2.75) is 12.5 Å². The second-order valence-corrected chi connectivity index (χ2v) is 4.65. The Kier molecular flexibility index (Phi) is 3.21. The topological polar surface area (TPSA) is 41.3 Å². The summed E-state index contributed by atoms with van der Waals surface area (Å²) in [5.74, 6) is -0.440. The number of hydrogen-bond donors (Lipinski definition) is 2. The Morgan fingerprint density at radius 3 is 2.94 bits per heavy atom. The monoisotopic (exact) mass is 243 g/mol. The molecule has 0 spiro atoms. The van der Waals surface area contributed by atoms with Crippen molar-refractivity contribution < 1.29 is 4.39 Å². The molecule has 0 amide bonds. The molecule has 1 aliphatic rings. The number of likely N-dealkylation sites (tertiary alicyclic amines) is 1. The highest BCUT2D eigenvalue weighted by atomic mass is 35.5. The predicted molar refractivity (Wildman–Crippen MR) is 65.3 cm³/mol. The Bertz CT molecular complexity index is 397. The van der Waals surface area contributed by atoms with Crippen molar-refractivity contribution in [1.82, 2.24) is 4.90 Å². The van der Waals surface area contributed by atoms with Crippen LogP contribution in [0.4, 0.5) is 15.8 Å². The fourth-order valence-corrected chi connectivity index (χ4v) is 2.13. The fraction of sp³-hybridized carbons (Fsp3) is 0.455. The molecule has 16 heavy (non-hydrogen) atoms. The molecule has 1 aromatic rings. The molecule has 1 fully saturated rings. The van der Waals surface area contributed by atoms with Crippen LogP contribution < -0.4 is 11.1 Å². The molecular weight excluding hydrogens is 229 g/mol. The van der Waals surface area contributed by atoms with Crippen molar-refractivity contribution in [3.8, 4) is 0 Å². The van der Waals surface area contributed by atoms with Gasteiger partial charge in [0.05, 0.1) is 16.4 Å². The molecule has 5 heteroatoms. The minimum atomic E-state index is -0.440. The number of nitrogens with zero attached hydrogens (tertiary/aromatic N) is 1. The third-order valence-corrected chi connectivity index (χ3v) is 3.13. The van der Waals surface area contributed by atoms with Crippen molar-refractivity contribution >= 4 is 23.0 Å². The van der Waals surface area contributed by atoms with Gasteiger partial charge in [0.15, 0.2) is 0 Å². The lowest BCUT2D eigenvalue weighted by Gasteiger charge is -2.16. The maximum Gasteiger partial charge on any atom is 0.143 e. The maximum atomic E-state index is 13.3. The molecule has 0 aromatic heterocycles. The number of benzene rings is 1. The standard InChI is InChI=1S/C11H15ClFN3/c1-16-3-2-7(6-16)15-11-5-9(13)8(12)4-10(11)14/h4-5,7,15H,2-3,6,14H2,1H3. The van der Waals surface area contributed by atoms with E-state index in [1.807, 2.05) is 0 Å². The predicted octanol–water partition coefficient (Wildman–Crippen LogP) is 2.18. The summed E-state index contributed by atoms with van der Waals surface area (Å²) < 4.78 is 13.3. The smallest absolute Gasteiger partial charge is 0.143 e. The van der Waals surface area contributed by atoms with Gasteiger partial charge in [0.25, 0.3) is 0 Å². The van der Waals surface area contributed by atoms with Gasteiger partial charge < -0.3 is 16.0 Å². The number of nitrogens with two attached hydrogens (primary N) is 1. The number of nitrogen functional groups attached to an aromatic ring is 1. The van der Waals surface area contributed by atoms with E-state index >= 15 is 0 Å². The third-order valence-electron chi connectivity index (χ3n) is 2.84. The van der Waals surface area contributed by atoms with Gasteiger partial charge in [0, 0.05) is 18.7 Å². The molecule has 1 aromatic carbocycles. The number of nitrogens with one attached hydrogen (secondary N) is 1. The number of anilines is 2. The van der Waals surface area contributed by atoms with Crippen LogP contribution in [0.25, 0.3) is 0 Å². The lowest BCUT2D eigenvalue weighted by molar-refractivity contribution is 0.414. The molecule has 3 N–H and O–H groups in total. The van der Waals surface area contributed by atoms with E-state index in [0.29, 0.717) is 17.4 Å². The van der Waals surface area contributed by atoms with Crippen molar-refractivity contribution in [3.05, 3.63) is 23.0 Å². The van der Waals surface area contributed by atoms with Gasteiger partial charge >= 0.3 is 0 Å². The van der Waals surface area contributed by atoms with Crippen LogP contribution in [0.1, 0.15) is 6.42 Å². The molecule has 1 saturated heterocycles. The zero-order valence-electron chi connectivity index (χ0n) is 9.13. The Hall–Kier alpha value is -1.00. The van der Waals surface area contributed by atoms with E-state index in [1.165, 1.54) is 12.1 Å². The van der Waals surface area contributed by atoms with Crippen molar-refractivity contribution in [2.75, 3.05) is 31.2 Å². The molecule has 0 radical (unpaired) electrons. The molecule has 0 aliphatic carbocycles. The second-order valence-electron chi connectivity index (χ2n) is 4.25. The van der Waals surface area contributed by atoms with Crippen LogP contribution in [0.2, 0.25) is 5.02 Å². The summed E-state index contributed by atoms with van der Waals surface area (Å²) >= 11 is 5.63. The van der Waals surface area contributed by atoms with E-state index in [9.17, 15) is 4.39 Å². The molecule has 3 nitrogen and oxygen atoms in total. The van der Waals surface area contributed by atoms with Gasteiger partial charge in [-0.3, -0.25) is 0 Å². The highest BCUT2D eigenvalue weighted by molar-refractivity contribution is 6.31. The van der Waals surface area contributed by atoms with Crippen molar-refractivity contribution in [1.29, 1.82) is 0 Å². The first-order valence-electron chi connectivity index (χ1n) is 5.26. The zero-order chi connectivity index (χ0) is 11.7. The second kappa shape index (κ2) is 4.47. The molecule has 0 bridgehead atoms. The maximum absolute atomic E-state index is 13.3. The van der Waals surface area contributed by atoms with Crippen LogP contribution in [0.15, 0.2) is 12.1 Å². The first-order chi connectivity index (χ1) is 7.56. The van der Waals surface area contributed by atoms with Crippen LogP contribution in [0, 0.1) is 5.82 Å². The van der Waals surface area contributed by atoms with E-state index in [-0.39, 0.29) is 5.02 Å². The Balaban J connectivity index is 2.12. The van der Waals surface area contributed by atoms with Gasteiger partial charge in [0.2, 0.25) is 0 Å². The lowest BCUT2D eigenvalue weighted by Crippen LogP contribution is -2.24. The Morgan fingerprint density at radius 1 is 1.56 bits per heavy atom. The summed E-state index contributed by atoms with van der Waals surface area (Å²) in [6.45, 7) is 2.00. The Labute approximate surface area is 99.4 Å². The fourth-order valence-electron chi connectivity index (χ4n) is 1.96. The molecule has 0 saturated carbocycles. The van der Waals surface area contributed by atoms with E-state index in [1.54, 1.807) is 0 Å². The number of likely N-dealkylation sites (N-methyl/N-ethyl adjacent to an activating group) is 1. The number of rotatable bonds is 2. The van der Waals surface area contributed by atoms with Crippen LogP contribution in [0.3, 0.4) is 0 Å². The molecule has 1 aliphatic heterocycles. The molecule has 1 heterocycles. The highest BCUT2D eigenvalue weighted by Gasteiger charge is 2.20. The first-order valence-corrected chi connectivity index (χ1v) is 5.63. The van der Waals surface area contributed by atoms with E-state index < -0.39 is 5.82 Å². The summed E-state index contributed by atoms with van der Waals surface area (Å²) in [6, 6.07) is 3.13. The van der Waals surface area contributed by atoms with Crippen LogP contribution in [-0.4, -0.2) is 31.1 Å². The van der Waals surface area contributed by atoms with Gasteiger partial charge in [-0.2, -0.15) is 0 Å². The molecule has 1 atom stereocenters. The van der Waals surface area contributed by atoms with Crippen LogP contribution in [0.5, 0.6) is 0 Å². The highest BCUT2D eigenvalue weighted by Crippen LogP contribution is 2.27. The van der Waals surface area contributed by atoms with E-state index in [0.717, 1.165) is 19.5 Å². The van der Waals surface area contributed by atoms with Gasteiger partial charge in [-0.15, -0.1) is 0 Å². The van der Waals surface area contributed by atoms with Crippen LogP contribution >= 0.6 is 11.6 Å². The van der Waals surface area contributed by atoms with Gasteiger partial charge in [-0.25, -0.2) is 4.39 Å². The van der Waals surface area contributed by atoms with E-state index in [4.69, 9.17) is 17.3 Å². The summed E-state index contributed by atoms with van der Waals surface area (Å²) in [5.41, 5.74) is 6.89. The van der Waals surface area contributed by atoms with Gasteiger partial charge in [0.1, 0.15) is 5.82 Å². The first kappa shape index (κ1) is 11.5. The summed E-state index contributed by atoms with van der Waals surface area (Å²) in [7, 11) is 2.06. The normalized spacial score (nSPS) is 21.3. The third kappa shape index (κ3) is 2.39. The lowest BCUT2D eigenvalue weighted by atomic mass is 10.2. The average Bonchev–Trinajstić information content (AvgIpc) is 2.60. The van der Waals surface area contributed by atoms with Gasteiger partial charge in [-0.05, 0) is 26.1 Å². The molecular formula is C11H15ClFN3. The van der Waals surface area contributed by atoms with E-state index in [2.05, 4.69) is 17.3 Å². The van der Waals surface area contributed by atoms with Crippen molar-refractivity contribution in [2.24, 2.45) is 0 Å². The van der Waals surface area contributed by atoms with Gasteiger partial charge in [-0.1, -0.05) is 11.6 Å². The average molecular weight is 244 g/mol.